The molecule has 2 aromatic rings. The van der Waals surface area contributed by atoms with Crippen LogP contribution < -0.4 is 10.2 Å². The SMILES string of the molecule is O=C(OCc1ccccc1)N1CCCCC1c1ccc(N2CCNCC2)nc1. The van der Waals surface area contributed by atoms with Crippen molar-refractivity contribution in [3.8, 4) is 0 Å². The Kier molecular flexibility index (Phi) is 6.07. The zero-order valence-electron chi connectivity index (χ0n) is 16.2. The normalized spacial score (nSPS) is 20.1. The minimum atomic E-state index is -0.236. The first kappa shape index (κ1) is 18.7. The summed E-state index contributed by atoms with van der Waals surface area (Å²) < 4.78 is 5.59. The minimum absolute atomic E-state index is 0.0431. The van der Waals surface area contributed by atoms with Gasteiger partial charge >= 0.3 is 6.09 Å². The minimum Gasteiger partial charge on any atom is -0.445 e. The quantitative estimate of drug-likeness (QED) is 0.881. The molecule has 1 amide bonds. The maximum atomic E-state index is 12.7. The molecule has 0 saturated carbocycles. The summed E-state index contributed by atoms with van der Waals surface area (Å²) in [6.07, 6.45) is 4.79. The van der Waals surface area contributed by atoms with E-state index in [-0.39, 0.29) is 12.1 Å². The van der Waals surface area contributed by atoms with Gasteiger partial charge in [-0.05, 0) is 36.5 Å². The number of piperazine rings is 1. The topological polar surface area (TPSA) is 57.7 Å². The fraction of sp³-hybridized carbons (Fsp3) is 0.455. The zero-order chi connectivity index (χ0) is 19.2. The fourth-order valence-electron chi connectivity index (χ4n) is 3.97. The fourth-order valence-corrected chi connectivity index (χ4v) is 3.97. The van der Waals surface area contributed by atoms with Crippen LogP contribution in [0.25, 0.3) is 0 Å². The largest absolute Gasteiger partial charge is 0.445 e. The second-order valence-corrected chi connectivity index (χ2v) is 7.43. The van der Waals surface area contributed by atoms with Crippen molar-refractivity contribution in [1.29, 1.82) is 0 Å². The number of amides is 1. The molecule has 6 heteroatoms. The Morgan fingerprint density at radius 2 is 1.89 bits per heavy atom. The van der Waals surface area contributed by atoms with Gasteiger partial charge in [0.05, 0.1) is 6.04 Å². The summed E-state index contributed by atoms with van der Waals surface area (Å²) in [5, 5.41) is 3.36. The number of aromatic nitrogens is 1. The molecule has 28 heavy (non-hydrogen) atoms. The van der Waals surface area contributed by atoms with Crippen LogP contribution in [0.4, 0.5) is 10.6 Å². The lowest BCUT2D eigenvalue weighted by atomic mass is 9.97. The number of likely N-dealkylation sites (tertiary alicyclic amines) is 1. The van der Waals surface area contributed by atoms with Crippen molar-refractivity contribution in [1.82, 2.24) is 15.2 Å². The molecule has 1 unspecified atom stereocenters. The Hall–Kier alpha value is -2.60. The molecule has 3 heterocycles. The molecule has 0 bridgehead atoms. The maximum Gasteiger partial charge on any atom is 0.410 e. The monoisotopic (exact) mass is 380 g/mol. The van der Waals surface area contributed by atoms with Crippen LogP contribution in [-0.4, -0.2) is 48.7 Å². The van der Waals surface area contributed by atoms with Crippen LogP contribution in [0.1, 0.15) is 36.4 Å². The Morgan fingerprint density at radius 1 is 1.07 bits per heavy atom. The third-order valence-electron chi connectivity index (χ3n) is 5.54. The van der Waals surface area contributed by atoms with E-state index in [1.165, 1.54) is 0 Å². The number of carbonyl (C=O) groups is 1. The highest BCUT2D eigenvalue weighted by Crippen LogP contribution is 2.32. The number of hydrogen-bond acceptors (Lipinski definition) is 5. The molecule has 0 spiro atoms. The smallest absolute Gasteiger partial charge is 0.410 e. The van der Waals surface area contributed by atoms with Crippen LogP contribution in [0.3, 0.4) is 0 Å². The van der Waals surface area contributed by atoms with Gasteiger partial charge in [-0.25, -0.2) is 9.78 Å². The second kappa shape index (κ2) is 9.06. The number of piperidine rings is 1. The standard InChI is InChI=1S/C22H28N4O2/c27-22(28-17-18-6-2-1-3-7-18)26-13-5-4-8-20(26)19-9-10-21(24-16-19)25-14-11-23-12-15-25/h1-3,6-7,9-10,16,20,23H,4-5,8,11-15,17H2. The molecular weight excluding hydrogens is 352 g/mol. The molecule has 0 aliphatic carbocycles. The van der Waals surface area contributed by atoms with Gasteiger partial charge in [-0.1, -0.05) is 36.4 Å². The van der Waals surface area contributed by atoms with Gasteiger partial charge in [-0.3, -0.25) is 0 Å². The number of rotatable bonds is 4. The Labute approximate surface area is 166 Å². The van der Waals surface area contributed by atoms with Crippen LogP contribution in [0.2, 0.25) is 0 Å². The van der Waals surface area contributed by atoms with Crippen molar-refractivity contribution in [2.45, 2.75) is 31.9 Å². The summed E-state index contributed by atoms with van der Waals surface area (Å²) in [6, 6.07) is 14.1. The number of hydrogen-bond donors (Lipinski definition) is 1. The molecule has 148 valence electrons. The van der Waals surface area contributed by atoms with Gasteiger partial charge in [0.2, 0.25) is 0 Å². The Balaban J connectivity index is 1.42. The lowest BCUT2D eigenvalue weighted by Crippen LogP contribution is -2.44. The Bertz CT molecular complexity index is 760. The predicted octanol–water partition coefficient (Wildman–Crippen LogP) is 3.36. The van der Waals surface area contributed by atoms with Gasteiger partial charge in [0, 0.05) is 38.9 Å². The highest BCUT2D eigenvalue weighted by molar-refractivity contribution is 5.68. The molecule has 2 fully saturated rings. The molecule has 2 saturated heterocycles. The number of carbonyl (C=O) groups excluding carboxylic acids is 1. The molecule has 2 aliphatic rings. The molecule has 1 N–H and O–H groups in total. The highest BCUT2D eigenvalue weighted by Gasteiger charge is 2.29. The lowest BCUT2D eigenvalue weighted by molar-refractivity contribution is 0.0678. The summed E-state index contributed by atoms with van der Waals surface area (Å²) in [5.41, 5.74) is 2.10. The molecular formula is C22H28N4O2. The average molecular weight is 380 g/mol. The first-order valence-electron chi connectivity index (χ1n) is 10.2. The first-order chi connectivity index (χ1) is 13.8. The third kappa shape index (κ3) is 4.44. The summed E-state index contributed by atoms with van der Waals surface area (Å²) in [7, 11) is 0. The molecule has 1 aromatic heterocycles. The molecule has 4 rings (SSSR count). The van der Waals surface area contributed by atoms with E-state index in [4.69, 9.17) is 4.74 Å². The third-order valence-corrected chi connectivity index (χ3v) is 5.54. The van der Waals surface area contributed by atoms with Gasteiger partial charge in [-0.2, -0.15) is 0 Å². The van der Waals surface area contributed by atoms with Crippen LogP contribution in [0.15, 0.2) is 48.7 Å². The molecule has 6 nitrogen and oxygen atoms in total. The number of benzene rings is 1. The van der Waals surface area contributed by atoms with E-state index in [1.54, 1.807) is 0 Å². The van der Waals surface area contributed by atoms with E-state index in [9.17, 15) is 4.79 Å². The van der Waals surface area contributed by atoms with Crippen molar-refractivity contribution in [2.75, 3.05) is 37.6 Å². The average Bonchev–Trinajstić information content (AvgIpc) is 2.79. The van der Waals surface area contributed by atoms with Crippen LogP contribution in [0, 0.1) is 0 Å². The van der Waals surface area contributed by atoms with Crippen LogP contribution in [-0.2, 0) is 11.3 Å². The van der Waals surface area contributed by atoms with Crippen LogP contribution in [0.5, 0.6) is 0 Å². The summed E-state index contributed by atoms with van der Waals surface area (Å²) in [5.74, 6) is 1.01. The van der Waals surface area contributed by atoms with Crippen molar-refractivity contribution in [2.24, 2.45) is 0 Å². The highest BCUT2D eigenvalue weighted by atomic mass is 16.6. The van der Waals surface area contributed by atoms with Crippen LogP contribution >= 0.6 is 0 Å². The summed E-state index contributed by atoms with van der Waals surface area (Å²) >= 11 is 0. The van der Waals surface area contributed by atoms with E-state index in [1.807, 2.05) is 41.4 Å². The molecule has 1 aromatic carbocycles. The van der Waals surface area contributed by atoms with Gasteiger partial charge in [0.25, 0.3) is 0 Å². The Morgan fingerprint density at radius 3 is 2.64 bits per heavy atom. The van der Waals surface area contributed by atoms with Crippen molar-refractivity contribution >= 4 is 11.9 Å². The van der Waals surface area contributed by atoms with Crippen molar-refractivity contribution in [3.05, 3.63) is 59.8 Å². The van der Waals surface area contributed by atoms with E-state index < -0.39 is 0 Å². The van der Waals surface area contributed by atoms with Gasteiger partial charge in [0.1, 0.15) is 12.4 Å². The molecule has 2 aliphatic heterocycles. The number of nitrogens with zero attached hydrogens (tertiary/aromatic N) is 3. The number of ether oxygens (including phenoxy) is 1. The van der Waals surface area contributed by atoms with Gasteiger partial charge in [-0.15, -0.1) is 0 Å². The van der Waals surface area contributed by atoms with Gasteiger partial charge < -0.3 is 19.9 Å². The van der Waals surface area contributed by atoms with E-state index in [0.717, 1.165) is 68.9 Å². The van der Waals surface area contributed by atoms with Crippen molar-refractivity contribution in [3.63, 3.8) is 0 Å². The first-order valence-corrected chi connectivity index (χ1v) is 10.2. The predicted molar refractivity (Wildman–Crippen MR) is 109 cm³/mol. The van der Waals surface area contributed by atoms with E-state index in [0.29, 0.717) is 6.61 Å². The summed E-state index contributed by atoms with van der Waals surface area (Å²) in [6.45, 7) is 4.99. The lowest BCUT2D eigenvalue weighted by Gasteiger charge is -2.35. The molecule has 0 radical (unpaired) electrons. The van der Waals surface area contributed by atoms with E-state index in [2.05, 4.69) is 27.3 Å². The molecule has 1 atom stereocenters. The van der Waals surface area contributed by atoms with Gasteiger partial charge in [0.15, 0.2) is 0 Å². The maximum absolute atomic E-state index is 12.7. The van der Waals surface area contributed by atoms with E-state index >= 15 is 0 Å². The van der Waals surface area contributed by atoms with Crippen molar-refractivity contribution < 1.29 is 9.53 Å². The summed E-state index contributed by atoms with van der Waals surface area (Å²) in [4.78, 5) is 21.6. The second-order valence-electron chi connectivity index (χ2n) is 7.43. The number of nitrogens with one attached hydrogen (secondary N) is 1. The number of pyridine rings is 1. The zero-order valence-corrected chi connectivity index (χ0v) is 16.2. The number of anilines is 1.